The molecule has 3 aromatic rings. The van der Waals surface area contributed by atoms with Crippen molar-refractivity contribution in [2.75, 3.05) is 13.1 Å². The second kappa shape index (κ2) is 7.52. The van der Waals surface area contributed by atoms with Crippen LogP contribution in [0.1, 0.15) is 39.8 Å². The molecule has 3 heterocycles. The van der Waals surface area contributed by atoms with E-state index in [9.17, 15) is 9.18 Å². The van der Waals surface area contributed by atoms with Crippen LogP contribution in [0.3, 0.4) is 0 Å². The summed E-state index contributed by atoms with van der Waals surface area (Å²) in [5.41, 5.74) is 4.22. The molecule has 2 aromatic heterocycles. The topological polar surface area (TPSA) is 59.0 Å². The summed E-state index contributed by atoms with van der Waals surface area (Å²) in [6, 6.07) is 6.60. The van der Waals surface area contributed by atoms with Crippen LogP contribution < -0.4 is 0 Å². The van der Waals surface area contributed by atoms with Crippen molar-refractivity contribution in [2.45, 2.75) is 25.7 Å². The van der Waals surface area contributed by atoms with Gasteiger partial charge in [-0.1, -0.05) is 12.1 Å². The lowest BCUT2D eigenvalue weighted by Crippen LogP contribution is -2.39. The summed E-state index contributed by atoms with van der Waals surface area (Å²) < 4.78 is 14.3. The molecule has 0 aliphatic carbocycles. The SMILES string of the molecule is Cc1ncsc1C(=O)N1CCC[C@@H](c2nccnc2-c2ccccc2F)C1. The molecule has 1 amide bonds. The molecule has 1 atom stereocenters. The molecule has 1 fully saturated rings. The predicted octanol–water partition coefficient (Wildman–Crippen LogP) is 4.07. The van der Waals surface area contributed by atoms with Gasteiger partial charge in [0.05, 0.1) is 22.6 Å². The van der Waals surface area contributed by atoms with E-state index >= 15 is 0 Å². The average molecular weight is 382 g/mol. The minimum atomic E-state index is -0.316. The van der Waals surface area contributed by atoms with Gasteiger partial charge in [-0.3, -0.25) is 14.8 Å². The number of nitrogens with zero attached hydrogens (tertiary/aromatic N) is 4. The van der Waals surface area contributed by atoms with Crippen LogP contribution >= 0.6 is 11.3 Å². The van der Waals surface area contributed by atoms with Gasteiger partial charge in [-0.2, -0.15) is 0 Å². The summed E-state index contributed by atoms with van der Waals surface area (Å²) >= 11 is 1.37. The van der Waals surface area contributed by atoms with E-state index in [-0.39, 0.29) is 17.6 Å². The van der Waals surface area contributed by atoms with E-state index in [2.05, 4.69) is 15.0 Å². The highest BCUT2D eigenvalue weighted by Crippen LogP contribution is 2.33. The highest BCUT2D eigenvalue weighted by Gasteiger charge is 2.30. The van der Waals surface area contributed by atoms with Gasteiger partial charge in [-0.25, -0.2) is 9.37 Å². The van der Waals surface area contributed by atoms with Crippen LogP contribution in [0.2, 0.25) is 0 Å². The number of hydrogen-bond acceptors (Lipinski definition) is 5. The number of halogens is 1. The van der Waals surface area contributed by atoms with Crippen molar-refractivity contribution in [3.05, 3.63) is 64.3 Å². The second-order valence-corrected chi connectivity index (χ2v) is 7.48. The molecule has 138 valence electrons. The fraction of sp³-hybridized carbons (Fsp3) is 0.300. The Morgan fingerprint density at radius 2 is 2.04 bits per heavy atom. The first-order valence-electron chi connectivity index (χ1n) is 8.90. The Hall–Kier alpha value is -2.67. The van der Waals surface area contributed by atoms with Gasteiger partial charge in [0, 0.05) is 37.0 Å². The molecule has 27 heavy (non-hydrogen) atoms. The first kappa shape index (κ1) is 17.7. The van der Waals surface area contributed by atoms with Gasteiger partial charge in [-0.05, 0) is 31.9 Å². The van der Waals surface area contributed by atoms with Gasteiger partial charge in [0.25, 0.3) is 5.91 Å². The summed E-state index contributed by atoms with van der Waals surface area (Å²) in [7, 11) is 0. The van der Waals surface area contributed by atoms with Crippen LogP contribution in [-0.4, -0.2) is 38.8 Å². The third kappa shape index (κ3) is 3.47. The summed E-state index contributed by atoms with van der Waals surface area (Å²) in [5.74, 6) is -0.279. The van der Waals surface area contributed by atoms with Crippen LogP contribution in [0.15, 0.2) is 42.2 Å². The number of piperidine rings is 1. The van der Waals surface area contributed by atoms with Crippen LogP contribution in [-0.2, 0) is 0 Å². The number of aryl methyl sites for hydroxylation is 1. The highest BCUT2D eigenvalue weighted by atomic mass is 32.1. The Kier molecular flexibility index (Phi) is 4.94. The summed E-state index contributed by atoms with van der Waals surface area (Å²) in [4.78, 5) is 28.5. The molecule has 0 N–H and O–H groups in total. The van der Waals surface area contributed by atoms with E-state index in [0.29, 0.717) is 29.2 Å². The Morgan fingerprint density at radius 3 is 2.81 bits per heavy atom. The number of thiazole rings is 1. The lowest BCUT2D eigenvalue weighted by molar-refractivity contribution is 0.0710. The Morgan fingerprint density at radius 1 is 1.22 bits per heavy atom. The van der Waals surface area contributed by atoms with E-state index in [1.807, 2.05) is 11.8 Å². The molecule has 0 saturated carbocycles. The lowest BCUT2D eigenvalue weighted by atomic mass is 9.91. The van der Waals surface area contributed by atoms with Gasteiger partial charge in [0.15, 0.2) is 0 Å². The number of aromatic nitrogens is 3. The molecule has 0 bridgehead atoms. The van der Waals surface area contributed by atoms with Crippen molar-refractivity contribution >= 4 is 17.2 Å². The lowest BCUT2D eigenvalue weighted by Gasteiger charge is -2.33. The van der Waals surface area contributed by atoms with Crippen molar-refractivity contribution < 1.29 is 9.18 Å². The van der Waals surface area contributed by atoms with Crippen molar-refractivity contribution in [1.82, 2.24) is 19.9 Å². The number of carbonyl (C=O) groups is 1. The maximum absolute atomic E-state index is 14.3. The Balaban J connectivity index is 1.64. The van der Waals surface area contributed by atoms with Crippen molar-refractivity contribution in [3.63, 3.8) is 0 Å². The van der Waals surface area contributed by atoms with Crippen LogP contribution in [0, 0.1) is 12.7 Å². The second-order valence-electron chi connectivity index (χ2n) is 6.63. The number of rotatable bonds is 3. The molecule has 4 rings (SSSR count). The maximum atomic E-state index is 14.3. The average Bonchev–Trinajstić information content (AvgIpc) is 3.14. The van der Waals surface area contributed by atoms with Gasteiger partial charge in [0.2, 0.25) is 0 Å². The van der Waals surface area contributed by atoms with E-state index in [1.165, 1.54) is 17.4 Å². The van der Waals surface area contributed by atoms with Gasteiger partial charge in [-0.15, -0.1) is 11.3 Å². The third-order valence-electron chi connectivity index (χ3n) is 4.89. The van der Waals surface area contributed by atoms with E-state index in [0.717, 1.165) is 24.2 Å². The first-order chi connectivity index (χ1) is 13.1. The number of likely N-dealkylation sites (tertiary alicyclic amines) is 1. The Bertz CT molecular complexity index is 974. The summed E-state index contributed by atoms with van der Waals surface area (Å²) in [5, 5.41) is 0. The van der Waals surface area contributed by atoms with Crippen LogP contribution in [0.25, 0.3) is 11.3 Å². The minimum absolute atomic E-state index is 0.0102. The fourth-order valence-corrected chi connectivity index (χ4v) is 4.31. The van der Waals surface area contributed by atoms with Crippen molar-refractivity contribution in [3.8, 4) is 11.3 Å². The third-order valence-corrected chi connectivity index (χ3v) is 5.81. The normalized spacial score (nSPS) is 17.1. The molecule has 7 heteroatoms. The Labute approximate surface area is 160 Å². The van der Waals surface area contributed by atoms with Crippen molar-refractivity contribution in [1.29, 1.82) is 0 Å². The zero-order chi connectivity index (χ0) is 18.8. The van der Waals surface area contributed by atoms with Gasteiger partial charge in [0.1, 0.15) is 10.7 Å². The minimum Gasteiger partial charge on any atom is -0.337 e. The van der Waals surface area contributed by atoms with Gasteiger partial charge < -0.3 is 4.90 Å². The van der Waals surface area contributed by atoms with E-state index < -0.39 is 0 Å². The van der Waals surface area contributed by atoms with E-state index in [1.54, 1.807) is 36.1 Å². The zero-order valence-electron chi connectivity index (χ0n) is 14.9. The molecule has 0 radical (unpaired) electrons. The predicted molar refractivity (Wildman–Crippen MR) is 102 cm³/mol. The number of benzene rings is 1. The molecule has 1 aliphatic rings. The smallest absolute Gasteiger partial charge is 0.265 e. The molecule has 1 aromatic carbocycles. The standard InChI is InChI=1S/C20H19FN4OS/c1-13-19(27-12-24-13)20(26)25-10-4-5-14(11-25)17-18(23-9-8-22-17)15-6-2-3-7-16(15)21/h2-3,6-9,12,14H,4-5,10-11H2,1H3/t14-/m1/s1. The van der Waals surface area contributed by atoms with E-state index in [4.69, 9.17) is 0 Å². The molecule has 1 saturated heterocycles. The largest absolute Gasteiger partial charge is 0.337 e. The molecule has 0 unspecified atom stereocenters. The fourth-order valence-electron chi connectivity index (χ4n) is 3.54. The number of amides is 1. The number of carbonyl (C=O) groups excluding carboxylic acids is 1. The molecular weight excluding hydrogens is 363 g/mol. The highest BCUT2D eigenvalue weighted by molar-refractivity contribution is 7.11. The molecule has 0 spiro atoms. The zero-order valence-corrected chi connectivity index (χ0v) is 15.7. The number of hydrogen-bond donors (Lipinski definition) is 0. The first-order valence-corrected chi connectivity index (χ1v) is 9.78. The molecule has 1 aliphatic heterocycles. The summed E-state index contributed by atoms with van der Waals surface area (Å²) in [6.45, 7) is 3.11. The van der Waals surface area contributed by atoms with Crippen molar-refractivity contribution in [2.24, 2.45) is 0 Å². The van der Waals surface area contributed by atoms with Crippen LogP contribution in [0.5, 0.6) is 0 Å². The van der Waals surface area contributed by atoms with Crippen LogP contribution in [0.4, 0.5) is 4.39 Å². The maximum Gasteiger partial charge on any atom is 0.265 e. The molecule has 5 nitrogen and oxygen atoms in total. The monoisotopic (exact) mass is 382 g/mol. The summed E-state index contributed by atoms with van der Waals surface area (Å²) in [6.07, 6.45) is 4.98. The molecular formula is C20H19FN4OS. The quantitative estimate of drug-likeness (QED) is 0.685. The van der Waals surface area contributed by atoms with Gasteiger partial charge >= 0.3 is 0 Å².